The summed E-state index contributed by atoms with van der Waals surface area (Å²) >= 11 is 0. The van der Waals surface area contributed by atoms with Crippen molar-refractivity contribution in [1.29, 1.82) is 0 Å². The summed E-state index contributed by atoms with van der Waals surface area (Å²) in [6.07, 6.45) is 11.8. The molecule has 9 unspecified atom stereocenters. The van der Waals surface area contributed by atoms with Gasteiger partial charge in [0.25, 0.3) is 0 Å². The lowest BCUT2D eigenvalue weighted by molar-refractivity contribution is -0.257. The quantitative estimate of drug-likeness (QED) is 0.423. The Bertz CT molecular complexity index is 812. The van der Waals surface area contributed by atoms with Crippen molar-refractivity contribution >= 4 is 5.78 Å². The van der Waals surface area contributed by atoms with E-state index in [2.05, 4.69) is 55.4 Å². The topological polar surface area (TPSA) is 37.3 Å². The molecule has 0 saturated heterocycles. The fourth-order valence-corrected chi connectivity index (χ4v) is 11.2. The number of fused-ring (bicyclic) bond motifs is 7. The molecule has 0 aromatic heterocycles. The molecule has 0 radical (unpaired) electrons. The third-order valence-electron chi connectivity index (χ3n) is 13.6. The number of hydrogen-bond donors (Lipinski definition) is 1. The number of carbonyl (C=O) groups excluding carboxylic acids is 1. The van der Waals surface area contributed by atoms with Crippen LogP contribution in [0.2, 0.25) is 0 Å². The van der Waals surface area contributed by atoms with Crippen LogP contribution in [-0.4, -0.2) is 17.0 Å². The highest BCUT2D eigenvalue weighted by molar-refractivity contribution is 5.85. The summed E-state index contributed by atoms with van der Waals surface area (Å²) in [7, 11) is 0. The zero-order valence-corrected chi connectivity index (χ0v) is 22.3. The van der Waals surface area contributed by atoms with E-state index in [0.717, 1.165) is 19.3 Å². The molecule has 2 heteroatoms. The Hall–Kier alpha value is -0.370. The Kier molecular flexibility index (Phi) is 4.85. The van der Waals surface area contributed by atoms with Crippen LogP contribution in [0.5, 0.6) is 0 Å². The normalized spacial score (nSPS) is 56.4. The van der Waals surface area contributed by atoms with Crippen LogP contribution < -0.4 is 0 Å². The molecule has 0 aliphatic heterocycles. The van der Waals surface area contributed by atoms with E-state index < -0.39 is 0 Å². The molecule has 1 N–H and O–H groups in total. The van der Waals surface area contributed by atoms with Crippen LogP contribution in [0.3, 0.4) is 0 Å². The Morgan fingerprint density at radius 1 is 0.719 bits per heavy atom. The molecule has 5 fully saturated rings. The predicted molar refractivity (Wildman–Crippen MR) is 131 cm³/mol. The second-order valence-electron chi connectivity index (χ2n) is 15.4. The van der Waals surface area contributed by atoms with Crippen LogP contribution in [0.15, 0.2) is 0 Å². The fraction of sp³-hybridized carbons (Fsp3) is 0.967. The van der Waals surface area contributed by atoms with Crippen molar-refractivity contribution in [2.45, 2.75) is 126 Å². The van der Waals surface area contributed by atoms with Gasteiger partial charge in [-0.15, -0.1) is 0 Å². The summed E-state index contributed by atoms with van der Waals surface area (Å²) in [4.78, 5) is 12.9. The maximum atomic E-state index is 12.9. The Morgan fingerprint density at radius 3 is 2.06 bits per heavy atom. The second kappa shape index (κ2) is 6.64. The summed E-state index contributed by atoms with van der Waals surface area (Å²) < 4.78 is 0. The van der Waals surface area contributed by atoms with Crippen molar-refractivity contribution in [3.05, 3.63) is 0 Å². The van der Waals surface area contributed by atoms with E-state index >= 15 is 0 Å². The van der Waals surface area contributed by atoms with E-state index in [1.165, 1.54) is 44.9 Å². The van der Waals surface area contributed by atoms with Crippen molar-refractivity contribution in [2.75, 3.05) is 0 Å². The van der Waals surface area contributed by atoms with Gasteiger partial charge in [0.05, 0.1) is 6.10 Å². The lowest BCUT2D eigenvalue weighted by Crippen LogP contribution is -2.68. The Morgan fingerprint density at radius 2 is 1.38 bits per heavy atom. The van der Waals surface area contributed by atoms with Crippen molar-refractivity contribution in [1.82, 2.24) is 0 Å². The minimum absolute atomic E-state index is 0.0393. The minimum atomic E-state index is -0.177. The molecule has 5 saturated carbocycles. The van der Waals surface area contributed by atoms with Gasteiger partial charge in [-0.25, -0.2) is 0 Å². The van der Waals surface area contributed by atoms with E-state index in [9.17, 15) is 9.90 Å². The number of aliphatic hydroxyl groups is 1. The number of aliphatic hydroxyl groups excluding tert-OH is 1. The van der Waals surface area contributed by atoms with Crippen LogP contribution in [0.1, 0.15) is 120 Å². The van der Waals surface area contributed by atoms with Gasteiger partial charge < -0.3 is 5.11 Å². The summed E-state index contributed by atoms with van der Waals surface area (Å²) in [6.45, 7) is 19.5. The van der Waals surface area contributed by atoms with E-state index in [4.69, 9.17) is 0 Å². The highest BCUT2D eigenvalue weighted by Crippen LogP contribution is 2.76. The summed E-state index contributed by atoms with van der Waals surface area (Å²) in [5.74, 6) is 2.82. The average molecular weight is 443 g/mol. The highest BCUT2D eigenvalue weighted by atomic mass is 16.3. The largest absolute Gasteiger partial charge is 0.392 e. The second-order valence-corrected chi connectivity index (χ2v) is 15.4. The molecule has 0 spiro atoms. The molecular weight excluding hydrogens is 392 g/mol. The first-order chi connectivity index (χ1) is 14.6. The summed E-state index contributed by atoms with van der Waals surface area (Å²) in [5.41, 5.74) is 1.08. The molecule has 9 atom stereocenters. The molecule has 0 aromatic rings. The molecule has 0 bridgehead atoms. The predicted octanol–water partition coefficient (Wildman–Crippen LogP) is 7.43. The first kappa shape index (κ1) is 23.4. The van der Waals surface area contributed by atoms with Crippen molar-refractivity contribution in [2.24, 2.45) is 56.2 Å². The fourth-order valence-electron chi connectivity index (χ4n) is 11.2. The molecule has 0 amide bonds. The monoisotopic (exact) mass is 442 g/mol. The summed E-state index contributed by atoms with van der Waals surface area (Å²) in [6, 6.07) is 0. The lowest BCUT2D eigenvalue weighted by Gasteiger charge is -2.73. The minimum Gasteiger partial charge on any atom is -0.392 e. The number of hydrogen-bond acceptors (Lipinski definition) is 2. The molecule has 182 valence electrons. The molecule has 0 heterocycles. The lowest BCUT2D eigenvalue weighted by atomic mass is 9.31. The van der Waals surface area contributed by atoms with Gasteiger partial charge in [0.2, 0.25) is 0 Å². The number of rotatable bonds is 0. The third-order valence-corrected chi connectivity index (χ3v) is 13.6. The zero-order chi connectivity index (χ0) is 23.5. The highest BCUT2D eigenvalue weighted by Gasteiger charge is 2.70. The van der Waals surface area contributed by atoms with E-state index in [0.29, 0.717) is 45.7 Å². The van der Waals surface area contributed by atoms with Gasteiger partial charge in [-0.05, 0) is 109 Å². The van der Waals surface area contributed by atoms with Crippen LogP contribution in [0.4, 0.5) is 0 Å². The average Bonchev–Trinajstić information content (AvgIpc) is 2.70. The van der Waals surface area contributed by atoms with Crippen molar-refractivity contribution in [3.8, 4) is 0 Å². The maximum absolute atomic E-state index is 12.9. The van der Waals surface area contributed by atoms with Gasteiger partial charge in [-0.3, -0.25) is 4.79 Å². The number of ketones is 1. The first-order valence-corrected chi connectivity index (χ1v) is 13.8. The van der Waals surface area contributed by atoms with Crippen LogP contribution in [-0.2, 0) is 4.79 Å². The SMILES string of the molecule is CC1(C)CCC2(C)CCC3(C)C(CCC4C5(C)CCC(=O)C(C)(C)C5CCC43C)C2C1O. The van der Waals surface area contributed by atoms with E-state index in [-0.39, 0.29) is 22.3 Å². The number of carbonyl (C=O) groups is 1. The molecule has 2 nitrogen and oxygen atoms in total. The Labute approximate surface area is 197 Å². The number of Topliss-reactive ketones (excluding diaryl/α,β-unsaturated/α-hetero) is 1. The van der Waals surface area contributed by atoms with E-state index in [1.54, 1.807) is 0 Å². The van der Waals surface area contributed by atoms with Gasteiger partial charge in [-0.2, -0.15) is 0 Å². The summed E-state index contributed by atoms with van der Waals surface area (Å²) in [5, 5.41) is 11.7. The van der Waals surface area contributed by atoms with Gasteiger partial charge in [-0.1, -0.05) is 55.4 Å². The van der Waals surface area contributed by atoms with E-state index in [1.807, 2.05) is 0 Å². The maximum Gasteiger partial charge on any atom is 0.138 e. The van der Waals surface area contributed by atoms with Gasteiger partial charge >= 0.3 is 0 Å². The van der Waals surface area contributed by atoms with Crippen LogP contribution >= 0.6 is 0 Å². The first-order valence-electron chi connectivity index (χ1n) is 13.8. The van der Waals surface area contributed by atoms with Crippen molar-refractivity contribution in [3.63, 3.8) is 0 Å². The van der Waals surface area contributed by atoms with Crippen LogP contribution in [0.25, 0.3) is 0 Å². The zero-order valence-electron chi connectivity index (χ0n) is 22.3. The van der Waals surface area contributed by atoms with Crippen molar-refractivity contribution < 1.29 is 9.90 Å². The standard InChI is InChI=1S/C30H50O2/c1-25(2)15-16-27(5)17-18-29(7)19(23(27)24(25)32)9-10-21-28(6)13-12-22(31)26(3,4)20(28)11-14-30(21,29)8/h19-21,23-24,32H,9-18H2,1-8H3. The molecule has 5 aliphatic carbocycles. The molecular formula is C30H50O2. The third kappa shape index (κ3) is 2.66. The van der Waals surface area contributed by atoms with Gasteiger partial charge in [0, 0.05) is 11.8 Å². The van der Waals surface area contributed by atoms with Gasteiger partial charge in [0.1, 0.15) is 5.78 Å². The molecule has 5 aliphatic rings. The molecule has 32 heavy (non-hydrogen) atoms. The van der Waals surface area contributed by atoms with Crippen LogP contribution in [0, 0.1) is 56.2 Å². The Balaban J connectivity index is 1.55. The smallest absolute Gasteiger partial charge is 0.138 e. The van der Waals surface area contributed by atoms with Gasteiger partial charge in [0.15, 0.2) is 0 Å². The molecule has 5 rings (SSSR count). The molecule has 0 aromatic carbocycles.